The zero-order chi connectivity index (χ0) is 19.3. The highest BCUT2D eigenvalue weighted by atomic mass is 16.6. The van der Waals surface area contributed by atoms with Crippen LogP contribution < -0.4 is 0 Å². The van der Waals surface area contributed by atoms with Crippen molar-refractivity contribution in [1.29, 1.82) is 0 Å². The summed E-state index contributed by atoms with van der Waals surface area (Å²) in [5, 5.41) is 21.1. The molecule has 7 heteroatoms. The normalized spacial score (nSPS) is 20.7. The molecular weight excluding hydrogens is 348 g/mol. The molecule has 27 heavy (non-hydrogen) atoms. The molecular formula is C20H20N2O5. The van der Waals surface area contributed by atoms with Gasteiger partial charge in [-0.15, -0.1) is 0 Å². The summed E-state index contributed by atoms with van der Waals surface area (Å²) in [6.07, 6.45) is 3.86. The lowest BCUT2D eigenvalue weighted by Crippen LogP contribution is -2.37. The second-order valence-electron chi connectivity index (χ2n) is 7.27. The number of carbonyl (C=O) groups is 2. The number of nitrogens with zero attached hydrogens (tertiary/aromatic N) is 2. The van der Waals surface area contributed by atoms with Gasteiger partial charge in [-0.25, -0.2) is 0 Å². The van der Waals surface area contributed by atoms with Crippen LogP contribution in [0.3, 0.4) is 0 Å². The first-order valence-electron chi connectivity index (χ1n) is 9.13. The molecule has 0 fully saturated rings. The Morgan fingerprint density at radius 3 is 2.11 bits per heavy atom. The van der Waals surface area contributed by atoms with Crippen molar-refractivity contribution in [2.24, 2.45) is 0 Å². The fraction of sp³-hybridized carbons (Fsp3) is 0.400. The Morgan fingerprint density at radius 2 is 1.59 bits per heavy atom. The fourth-order valence-corrected chi connectivity index (χ4v) is 4.55. The quantitative estimate of drug-likeness (QED) is 0.635. The molecule has 0 unspecified atom stereocenters. The van der Waals surface area contributed by atoms with Crippen LogP contribution in [0.25, 0.3) is 0 Å². The maximum atomic E-state index is 12.8. The van der Waals surface area contributed by atoms with E-state index in [9.17, 15) is 24.8 Å². The lowest BCUT2D eigenvalue weighted by molar-refractivity contribution is -0.385. The van der Waals surface area contributed by atoms with Crippen LogP contribution in [0.5, 0.6) is 5.75 Å². The van der Waals surface area contributed by atoms with Gasteiger partial charge in [-0.05, 0) is 37.3 Å². The van der Waals surface area contributed by atoms with Crippen molar-refractivity contribution in [3.63, 3.8) is 0 Å². The highest BCUT2D eigenvalue weighted by Gasteiger charge is 2.42. The molecule has 140 valence electrons. The van der Waals surface area contributed by atoms with Gasteiger partial charge in [0.25, 0.3) is 0 Å². The molecule has 1 aliphatic heterocycles. The number of phenols is 1. The van der Waals surface area contributed by atoms with Crippen molar-refractivity contribution in [3.8, 4) is 5.75 Å². The number of phenolic OH excluding ortho intramolecular Hbond substituents is 1. The third-order valence-corrected chi connectivity index (χ3v) is 5.77. The van der Waals surface area contributed by atoms with Crippen LogP contribution in [0.2, 0.25) is 0 Å². The van der Waals surface area contributed by atoms with Crippen molar-refractivity contribution in [1.82, 2.24) is 4.90 Å². The number of hydrogen-bond acceptors (Lipinski definition) is 6. The highest BCUT2D eigenvalue weighted by molar-refractivity contribution is 6.06. The molecule has 1 N–H and O–H groups in total. The van der Waals surface area contributed by atoms with E-state index in [4.69, 9.17) is 0 Å². The van der Waals surface area contributed by atoms with Crippen LogP contribution >= 0.6 is 0 Å². The highest BCUT2D eigenvalue weighted by Crippen LogP contribution is 2.49. The molecule has 0 radical (unpaired) electrons. The molecule has 0 aromatic heterocycles. The van der Waals surface area contributed by atoms with E-state index in [1.807, 2.05) is 11.9 Å². The second-order valence-corrected chi connectivity index (χ2v) is 7.27. The largest absolute Gasteiger partial charge is 0.502 e. The van der Waals surface area contributed by atoms with Crippen LogP contribution in [0.1, 0.15) is 50.0 Å². The van der Waals surface area contributed by atoms with E-state index < -0.39 is 22.3 Å². The summed E-state index contributed by atoms with van der Waals surface area (Å²) in [5.74, 6) is -1.03. The molecule has 1 heterocycles. The number of carbonyl (C=O) groups excluding carboxylic acids is 2. The van der Waals surface area contributed by atoms with Gasteiger partial charge < -0.3 is 10.0 Å². The molecule has 0 saturated heterocycles. The predicted octanol–water partition coefficient (Wildman–Crippen LogP) is 3.34. The number of hydrogen-bond donors (Lipinski definition) is 1. The van der Waals surface area contributed by atoms with Gasteiger partial charge in [0.05, 0.1) is 4.92 Å². The van der Waals surface area contributed by atoms with Crippen LogP contribution in [-0.2, 0) is 9.59 Å². The molecule has 0 bridgehead atoms. The van der Waals surface area contributed by atoms with Crippen LogP contribution in [0.15, 0.2) is 40.7 Å². The maximum absolute atomic E-state index is 12.8. The molecule has 1 aromatic carbocycles. The van der Waals surface area contributed by atoms with E-state index in [0.29, 0.717) is 29.6 Å². The summed E-state index contributed by atoms with van der Waals surface area (Å²) < 4.78 is 0. The monoisotopic (exact) mass is 368 g/mol. The fourth-order valence-electron chi connectivity index (χ4n) is 4.55. The number of allylic oxidation sites excluding steroid dienone is 4. The molecule has 0 atom stereocenters. The third kappa shape index (κ3) is 2.65. The number of aromatic hydroxyl groups is 1. The first kappa shape index (κ1) is 17.5. The summed E-state index contributed by atoms with van der Waals surface area (Å²) in [6.45, 7) is 0. The van der Waals surface area contributed by atoms with E-state index in [1.54, 1.807) is 6.07 Å². The molecule has 0 saturated carbocycles. The number of Topliss-reactive ketones (excluding diaryl/α,β-unsaturated/α-hetero) is 2. The number of nitro groups is 1. The summed E-state index contributed by atoms with van der Waals surface area (Å²) in [7, 11) is 1.90. The number of nitro benzene ring substituents is 1. The summed E-state index contributed by atoms with van der Waals surface area (Å²) in [6, 6.07) is 4.15. The molecule has 7 nitrogen and oxygen atoms in total. The average Bonchev–Trinajstić information content (AvgIpc) is 2.64. The van der Waals surface area contributed by atoms with Gasteiger partial charge in [0.1, 0.15) is 0 Å². The van der Waals surface area contributed by atoms with Gasteiger partial charge in [0.15, 0.2) is 17.3 Å². The molecule has 2 aliphatic carbocycles. The number of benzene rings is 1. The minimum atomic E-state index is -0.649. The Kier molecular flexibility index (Phi) is 4.09. The van der Waals surface area contributed by atoms with Crippen LogP contribution in [0, 0.1) is 10.1 Å². The predicted molar refractivity (Wildman–Crippen MR) is 97.0 cm³/mol. The zero-order valence-electron chi connectivity index (χ0n) is 15.0. The molecule has 0 spiro atoms. The lowest BCUT2D eigenvalue weighted by Gasteiger charge is -2.42. The number of ketones is 2. The van der Waals surface area contributed by atoms with Gasteiger partial charge in [-0.2, -0.15) is 0 Å². The lowest BCUT2D eigenvalue weighted by atomic mass is 9.71. The Labute approximate surface area is 156 Å². The first-order valence-corrected chi connectivity index (χ1v) is 9.13. The smallest absolute Gasteiger partial charge is 0.310 e. The second kappa shape index (κ2) is 6.33. The Balaban J connectivity index is 1.97. The van der Waals surface area contributed by atoms with E-state index in [-0.39, 0.29) is 11.6 Å². The third-order valence-electron chi connectivity index (χ3n) is 5.77. The molecule has 0 amide bonds. The zero-order valence-corrected chi connectivity index (χ0v) is 15.0. The topological polar surface area (TPSA) is 101 Å². The van der Waals surface area contributed by atoms with E-state index in [2.05, 4.69) is 0 Å². The maximum Gasteiger partial charge on any atom is 0.310 e. The van der Waals surface area contributed by atoms with Crippen molar-refractivity contribution in [2.45, 2.75) is 44.4 Å². The summed E-state index contributed by atoms with van der Waals surface area (Å²) in [4.78, 5) is 38.3. The SMILES string of the molecule is CN1C2=C(C(=O)CCC2)C(c2ccc(O)c([N+](=O)[O-])c2)C2=C1CCCC2=O. The summed E-state index contributed by atoms with van der Waals surface area (Å²) in [5.41, 5.74) is 3.09. The van der Waals surface area contributed by atoms with E-state index in [1.165, 1.54) is 12.1 Å². The number of rotatable bonds is 2. The minimum Gasteiger partial charge on any atom is -0.502 e. The van der Waals surface area contributed by atoms with Crippen LogP contribution in [-0.4, -0.2) is 33.5 Å². The molecule has 3 aliphatic rings. The van der Waals surface area contributed by atoms with Crippen LogP contribution in [0.4, 0.5) is 5.69 Å². The standard InChI is InChI=1S/C20H20N2O5/c1-21-12-4-2-6-16(24)19(12)18(20-13(21)5-3-7-17(20)25)11-8-9-15(23)14(10-11)22(26)27/h8-10,18,23H,2-7H2,1H3. The van der Waals surface area contributed by atoms with Gasteiger partial charge in [0.2, 0.25) is 0 Å². The average molecular weight is 368 g/mol. The van der Waals surface area contributed by atoms with Gasteiger partial charge in [-0.3, -0.25) is 19.7 Å². The van der Waals surface area contributed by atoms with E-state index in [0.717, 1.165) is 37.1 Å². The Bertz CT molecular complexity index is 900. The van der Waals surface area contributed by atoms with Crippen molar-refractivity contribution >= 4 is 17.3 Å². The van der Waals surface area contributed by atoms with Gasteiger partial charge >= 0.3 is 5.69 Å². The Hall–Kier alpha value is -2.96. The first-order chi connectivity index (χ1) is 12.9. The van der Waals surface area contributed by atoms with Crippen molar-refractivity contribution < 1.29 is 19.6 Å². The van der Waals surface area contributed by atoms with Crippen molar-refractivity contribution in [2.75, 3.05) is 7.05 Å². The van der Waals surface area contributed by atoms with Gasteiger partial charge in [-0.1, -0.05) is 6.07 Å². The van der Waals surface area contributed by atoms with Gasteiger partial charge in [0, 0.05) is 54.4 Å². The van der Waals surface area contributed by atoms with E-state index >= 15 is 0 Å². The molecule has 4 rings (SSSR count). The summed E-state index contributed by atoms with van der Waals surface area (Å²) >= 11 is 0. The molecule has 1 aromatic rings. The van der Waals surface area contributed by atoms with Crippen molar-refractivity contribution in [3.05, 3.63) is 56.4 Å². The minimum absolute atomic E-state index is 0.00579. The Morgan fingerprint density at radius 1 is 1.04 bits per heavy atom.